The fraction of sp³-hybridized carbons (Fsp3) is 0.222. The molecule has 0 aliphatic heterocycles. The summed E-state index contributed by atoms with van der Waals surface area (Å²) in [7, 11) is 0. The summed E-state index contributed by atoms with van der Waals surface area (Å²) in [6.45, 7) is 0. The molecule has 0 fully saturated rings. The zero-order valence-electron chi connectivity index (χ0n) is 41.4. The van der Waals surface area contributed by atoms with Gasteiger partial charge in [0.2, 0.25) is 0 Å². The van der Waals surface area contributed by atoms with Crippen LogP contribution in [0, 0.1) is 0 Å². The zero-order chi connectivity index (χ0) is 56.9. The molecule has 0 unspecified atom stereocenters. The minimum absolute atomic E-state index is 0.274. The Morgan fingerprint density at radius 3 is 1.23 bits per heavy atom. The second kappa shape index (κ2) is 34.0. The van der Waals surface area contributed by atoms with Crippen molar-refractivity contribution in [3.8, 4) is 0 Å². The first-order valence-corrected chi connectivity index (χ1v) is 26.0. The van der Waals surface area contributed by atoms with Gasteiger partial charge < -0.3 is 65.0 Å². The summed E-state index contributed by atoms with van der Waals surface area (Å²) in [6, 6.07) is 35.1. The van der Waals surface area contributed by atoms with Crippen molar-refractivity contribution in [1.82, 2.24) is 9.97 Å². The molecule has 0 bridgehead atoms. The van der Waals surface area contributed by atoms with Crippen LogP contribution in [0.1, 0.15) is 32.3 Å². The van der Waals surface area contributed by atoms with Gasteiger partial charge in [-0.3, -0.25) is 38.7 Å². The van der Waals surface area contributed by atoms with Crippen molar-refractivity contribution >= 4 is 90.7 Å². The highest BCUT2D eigenvalue weighted by Gasteiger charge is 2.17. The molecular formula is C54H62N8O12S3. The highest BCUT2D eigenvalue weighted by atomic mass is 32.1. The van der Waals surface area contributed by atoms with Gasteiger partial charge in [0.25, 0.3) is 0 Å². The Hall–Kier alpha value is -7.84. The smallest absolute Gasteiger partial charge is 0.320 e. The van der Waals surface area contributed by atoms with E-state index in [1.807, 2.05) is 107 Å². The number of carbonyl (C=O) groups is 6. The monoisotopic (exact) mass is 1110 g/mol. The molecule has 6 atom stereocenters. The van der Waals surface area contributed by atoms with Gasteiger partial charge in [-0.1, -0.05) is 84.9 Å². The van der Waals surface area contributed by atoms with Crippen molar-refractivity contribution in [3.63, 3.8) is 0 Å². The van der Waals surface area contributed by atoms with E-state index in [2.05, 4.69) is 9.97 Å². The van der Waals surface area contributed by atoms with Gasteiger partial charge in [0.15, 0.2) is 0 Å². The maximum Gasteiger partial charge on any atom is 0.320 e. The summed E-state index contributed by atoms with van der Waals surface area (Å²) in [6.07, 6.45) is 5.37. The Balaban J connectivity index is 0.000000245. The quantitative estimate of drug-likeness (QED) is 0.0530. The van der Waals surface area contributed by atoms with Crippen LogP contribution in [0.25, 0.3) is 20.9 Å². The molecule has 3 aromatic carbocycles. The summed E-state index contributed by atoms with van der Waals surface area (Å²) in [5, 5.41) is 60.5. The van der Waals surface area contributed by atoms with E-state index in [1.54, 1.807) is 60.1 Å². The normalized spacial score (nSPS) is 12.6. The Labute approximate surface area is 455 Å². The van der Waals surface area contributed by atoms with E-state index in [0.717, 1.165) is 37.0 Å². The number of nitrogens with two attached hydrogens (primary N) is 6. The maximum absolute atomic E-state index is 10.6. The van der Waals surface area contributed by atoms with Crippen LogP contribution in [0.3, 0.4) is 0 Å². The van der Waals surface area contributed by atoms with Crippen LogP contribution in [0.5, 0.6) is 0 Å². The molecule has 0 aliphatic carbocycles. The summed E-state index contributed by atoms with van der Waals surface area (Å²) < 4.78 is 1.17. The molecule has 20 nitrogen and oxygen atoms in total. The molecule has 0 saturated heterocycles. The number of hydrogen-bond acceptors (Lipinski definition) is 17. The van der Waals surface area contributed by atoms with Gasteiger partial charge in [-0.2, -0.15) is 0 Å². The van der Waals surface area contributed by atoms with Crippen LogP contribution < -0.4 is 34.4 Å². The zero-order valence-corrected chi connectivity index (χ0v) is 43.9. The molecule has 8 aromatic rings. The molecule has 408 valence electrons. The minimum atomic E-state index is -0.999. The second-order valence-corrected chi connectivity index (χ2v) is 19.6. The molecule has 5 heterocycles. The predicted octanol–water partition coefficient (Wildman–Crippen LogP) is 5.13. The highest BCUT2D eigenvalue weighted by molar-refractivity contribution is 7.17. The third kappa shape index (κ3) is 24.6. The molecule has 0 radical (unpaired) electrons. The topological polar surface area (TPSA) is 406 Å². The molecule has 77 heavy (non-hydrogen) atoms. The maximum atomic E-state index is 10.6. The van der Waals surface area contributed by atoms with Crippen molar-refractivity contribution in [2.24, 2.45) is 34.4 Å². The van der Waals surface area contributed by atoms with Gasteiger partial charge in [-0.05, 0) is 98.7 Å². The van der Waals surface area contributed by atoms with Crippen LogP contribution in [-0.2, 0) is 67.3 Å². The Bertz CT molecular complexity index is 2930. The molecule has 8 rings (SSSR count). The standard InChI is InChI=1S/C13H13NO2.C11H11NO2S.2C8H10N2O2.2C7H9NO2S/c14-12(13(15)16)8-9-5-6-10-3-1-2-4-11(10)7-9;12-9(11(13)14)5-7-6-15-10-4-2-1-3-8(7)10;2*9-7(8(11)12)5-6-3-1-2-4-10-6;2*8-6(7(9)10)4-5-2-1-3-11-5/h1-7,12H,8,14H2,(H,15,16);1-4,6,9H,5,12H2,(H,13,14);2*1-4,7H,5,9H2,(H,11,12);2*1-3,6H,4,8H2,(H,9,10)/t12-;9-;2*7-;2*6-/m011010/s1. The lowest BCUT2D eigenvalue weighted by Gasteiger charge is -2.07. The van der Waals surface area contributed by atoms with Gasteiger partial charge in [-0.15, -0.1) is 34.0 Å². The lowest BCUT2D eigenvalue weighted by Crippen LogP contribution is -2.32. The number of pyridine rings is 2. The van der Waals surface area contributed by atoms with E-state index in [4.69, 9.17) is 65.0 Å². The summed E-state index contributed by atoms with van der Waals surface area (Å²) in [4.78, 5) is 72.5. The molecular weight excluding hydrogens is 1050 g/mol. The van der Waals surface area contributed by atoms with E-state index >= 15 is 0 Å². The first kappa shape index (κ1) is 63.5. The molecule has 18 N–H and O–H groups in total. The summed E-state index contributed by atoms with van der Waals surface area (Å²) in [5.74, 6) is -5.81. The van der Waals surface area contributed by atoms with E-state index < -0.39 is 72.1 Å². The van der Waals surface area contributed by atoms with Crippen molar-refractivity contribution in [3.05, 3.63) is 188 Å². The van der Waals surface area contributed by atoms with E-state index in [1.165, 1.54) is 27.4 Å². The molecule has 5 aromatic heterocycles. The fourth-order valence-corrected chi connectivity index (χ4v) is 8.86. The number of carboxylic acids is 6. The number of aromatic nitrogens is 2. The van der Waals surface area contributed by atoms with Crippen LogP contribution in [0.4, 0.5) is 0 Å². The third-order valence-corrected chi connectivity index (χ3v) is 13.3. The largest absolute Gasteiger partial charge is 0.480 e. The SMILES string of the molecule is N[C@@H](Cc1ccc2ccccc2c1)C(=O)O.N[C@@H](Cc1ccccn1)C(=O)O.N[C@@H](Cc1cccs1)C(=O)O.N[C@H](Cc1ccccn1)C(=O)O.N[C@H](Cc1cccs1)C(=O)O.N[C@H](Cc1csc2ccccc12)C(=O)O. The van der Waals surface area contributed by atoms with Gasteiger partial charge in [0.1, 0.15) is 36.3 Å². The number of aliphatic carboxylic acids is 6. The lowest BCUT2D eigenvalue weighted by atomic mass is 10.0. The number of benzene rings is 3. The van der Waals surface area contributed by atoms with Crippen molar-refractivity contribution in [1.29, 1.82) is 0 Å². The Morgan fingerprint density at radius 1 is 0.403 bits per heavy atom. The first-order chi connectivity index (χ1) is 36.6. The van der Waals surface area contributed by atoms with Gasteiger partial charge >= 0.3 is 35.8 Å². The highest BCUT2D eigenvalue weighted by Crippen LogP contribution is 2.26. The third-order valence-electron chi connectivity index (χ3n) is 10.5. The van der Waals surface area contributed by atoms with E-state index in [9.17, 15) is 28.8 Å². The fourth-order valence-electron chi connectivity index (χ4n) is 6.35. The number of carboxylic acid groups (broad SMARTS) is 6. The molecule has 0 amide bonds. The molecule has 0 spiro atoms. The van der Waals surface area contributed by atoms with Gasteiger partial charge in [0, 0.05) is 63.9 Å². The predicted molar refractivity (Wildman–Crippen MR) is 299 cm³/mol. The van der Waals surface area contributed by atoms with Gasteiger partial charge in [-0.25, -0.2) is 0 Å². The van der Waals surface area contributed by atoms with Crippen molar-refractivity contribution < 1.29 is 59.4 Å². The number of rotatable bonds is 18. The van der Waals surface area contributed by atoms with Crippen LogP contribution >= 0.6 is 34.0 Å². The van der Waals surface area contributed by atoms with Crippen LogP contribution in [0.15, 0.2) is 156 Å². The molecule has 0 saturated carbocycles. The molecule has 0 aliphatic rings. The average molecular weight is 1110 g/mol. The Kier molecular flexibility index (Phi) is 28.0. The molecule has 23 heteroatoms. The van der Waals surface area contributed by atoms with Crippen LogP contribution in [-0.4, -0.2) is 113 Å². The second-order valence-electron chi connectivity index (χ2n) is 16.6. The van der Waals surface area contributed by atoms with E-state index in [-0.39, 0.29) is 12.8 Å². The Morgan fingerprint density at radius 2 is 0.805 bits per heavy atom. The minimum Gasteiger partial charge on any atom is -0.480 e. The summed E-state index contributed by atoms with van der Waals surface area (Å²) >= 11 is 4.67. The number of fused-ring (bicyclic) bond motifs is 2. The summed E-state index contributed by atoms with van der Waals surface area (Å²) in [5.41, 5.74) is 35.6. The number of nitrogens with zero attached hydrogens (tertiary/aromatic N) is 2. The number of thiophene rings is 3. The lowest BCUT2D eigenvalue weighted by molar-refractivity contribution is -0.139. The van der Waals surface area contributed by atoms with Crippen LogP contribution in [0.2, 0.25) is 0 Å². The van der Waals surface area contributed by atoms with E-state index in [0.29, 0.717) is 37.1 Å². The number of hydrogen-bond donors (Lipinski definition) is 12. The first-order valence-electron chi connectivity index (χ1n) is 23.3. The average Bonchev–Trinajstić information content (AvgIpc) is 4.22. The van der Waals surface area contributed by atoms with Crippen molar-refractivity contribution in [2.75, 3.05) is 0 Å². The van der Waals surface area contributed by atoms with Crippen molar-refractivity contribution in [2.45, 2.75) is 74.8 Å². The van der Waals surface area contributed by atoms with Gasteiger partial charge in [0.05, 0.1) is 0 Å².